The molecule has 20 heavy (non-hydrogen) atoms. The Bertz CT molecular complexity index is 611. The normalized spacial score (nSPS) is 10.2. The molecule has 3 nitrogen and oxygen atoms in total. The molecule has 0 atom stereocenters. The highest BCUT2D eigenvalue weighted by atomic mass is 35.5. The first kappa shape index (κ1) is 14.3. The predicted octanol–water partition coefficient (Wildman–Crippen LogP) is 3.45. The van der Waals surface area contributed by atoms with Crippen LogP contribution in [-0.2, 0) is 6.54 Å². The van der Waals surface area contributed by atoms with Crippen LogP contribution >= 0.6 is 11.6 Å². The second kappa shape index (κ2) is 6.39. The maximum Gasteiger partial charge on any atom is 0.253 e. The standard InChI is InChI=1S/C15H14ClFN2O/c1-18-15(20)10-5-2-3-8-14(10)19-9-11-12(16)6-4-7-13(11)17/h2-8,19H,9H2,1H3,(H,18,20). The van der Waals surface area contributed by atoms with Crippen molar-refractivity contribution in [2.24, 2.45) is 0 Å². The molecule has 2 aromatic rings. The van der Waals surface area contributed by atoms with E-state index in [1.165, 1.54) is 6.07 Å². The molecule has 1 amide bonds. The van der Waals surface area contributed by atoms with Crippen LogP contribution in [0.2, 0.25) is 5.02 Å². The van der Waals surface area contributed by atoms with Gasteiger partial charge in [0.25, 0.3) is 5.91 Å². The highest BCUT2D eigenvalue weighted by Gasteiger charge is 2.11. The summed E-state index contributed by atoms with van der Waals surface area (Å²) in [4.78, 5) is 11.7. The Morgan fingerprint density at radius 2 is 1.95 bits per heavy atom. The number of hydrogen-bond acceptors (Lipinski definition) is 2. The van der Waals surface area contributed by atoms with Gasteiger partial charge in [-0.1, -0.05) is 29.8 Å². The SMILES string of the molecule is CNC(=O)c1ccccc1NCc1c(F)cccc1Cl. The minimum Gasteiger partial charge on any atom is -0.380 e. The Balaban J connectivity index is 2.21. The lowest BCUT2D eigenvalue weighted by Gasteiger charge is -2.12. The minimum atomic E-state index is -0.373. The van der Waals surface area contributed by atoms with Crippen LogP contribution < -0.4 is 10.6 Å². The fraction of sp³-hybridized carbons (Fsp3) is 0.133. The van der Waals surface area contributed by atoms with E-state index < -0.39 is 0 Å². The number of halogens is 2. The molecule has 5 heteroatoms. The van der Waals surface area contributed by atoms with Gasteiger partial charge in [0.1, 0.15) is 5.82 Å². The summed E-state index contributed by atoms with van der Waals surface area (Å²) in [6, 6.07) is 11.6. The summed E-state index contributed by atoms with van der Waals surface area (Å²) in [6.45, 7) is 0.208. The van der Waals surface area contributed by atoms with Crippen molar-refractivity contribution < 1.29 is 9.18 Å². The summed E-state index contributed by atoms with van der Waals surface area (Å²) in [5, 5.41) is 5.96. The van der Waals surface area contributed by atoms with E-state index >= 15 is 0 Å². The van der Waals surface area contributed by atoms with E-state index in [2.05, 4.69) is 10.6 Å². The van der Waals surface area contributed by atoms with Gasteiger partial charge in [-0.05, 0) is 24.3 Å². The zero-order valence-corrected chi connectivity index (χ0v) is 11.7. The maximum atomic E-state index is 13.7. The molecule has 0 unspecified atom stereocenters. The molecule has 2 N–H and O–H groups in total. The van der Waals surface area contributed by atoms with Gasteiger partial charge in [0.15, 0.2) is 0 Å². The third-order valence-corrected chi connectivity index (χ3v) is 3.27. The molecule has 0 saturated heterocycles. The molecular weight excluding hydrogens is 279 g/mol. The zero-order valence-electron chi connectivity index (χ0n) is 10.9. The molecule has 0 aliphatic rings. The van der Waals surface area contributed by atoms with E-state index in [0.717, 1.165) is 0 Å². The van der Waals surface area contributed by atoms with Crippen LogP contribution in [0.3, 0.4) is 0 Å². The van der Waals surface area contributed by atoms with Crippen LogP contribution in [-0.4, -0.2) is 13.0 Å². The largest absolute Gasteiger partial charge is 0.380 e. The fourth-order valence-electron chi connectivity index (χ4n) is 1.85. The predicted molar refractivity (Wildman–Crippen MR) is 78.6 cm³/mol. The van der Waals surface area contributed by atoms with Gasteiger partial charge >= 0.3 is 0 Å². The topological polar surface area (TPSA) is 41.1 Å². The molecule has 2 aromatic carbocycles. The number of nitrogens with one attached hydrogen (secondary N) is 2. The number of para-hydroxylation sites is 1. The second-order valence-electron chi connectivity index (χ2n) is 4.18. The van der Waals surface area contributed by atoms with E-state index in [0.29, 0.717) is 21.8 Å². The molecule has 2 rings (SSSR count). The number of hydrogen-bond donors (Lipinski definition) is 2. The zero-order chi connectivity index (χ0) is 14.5. The van der Waals surface area contributed by atoms with Crippen LogP contribution in [0.4, 0.5) is 10.1 Å². The Hall–Kier alpha value is -2.07. The number of anilines is 1. The maximum absolute atomic E-state index is 13.7. The van der Waals surface area contributed by atoms with Gasteiger partial charge < -0.3 is 10.6 Å². The number of amides is 1. The van der Waals surface area contributed by atoms with Crippen molar-refractivity contribution in [3.8, 4) is 0 Å². The lowest BCUT2D eigenvalue weighted by Crippen LogP contribution is -2.19. The lowest BCUT2D eigenvalue weighted by molar-refractivity contribution is 0.0964. The Labute approximate surface area is 121 Å². The summed E-state index contributed by atoms with van der Waals surface area (Å²) in [5.74, 6) is -0.574. The lowest BCUT2D eigenvalue weighted by atomic mass is 10.1. The third-order valence-electron chi connectivity index (χ3n) is 2.92. The number of benzene rings is 2. The average molecular weight is 293 g/mol. The first-order valence-electron chi connectivity index (χ1n) is 6.11. The van der Waals surface area contributed by atoms with Gasteiger partial charge in [-0.3, -0.25) is 4.79 Å². The molecule has 0 spiro atoms. The van der Waals surface area contributed by atoms with Crippen LogP contribution in [0.1, 0.15) is 15.9 Å². The number of carbonyl (C=O) groups is 1. The van der Waals surface area contributed by atoms with Crippen LogP contribution in [0.25, 0.3) is 0 Å². The summed E-state index contributed by atoms with van der Waals surface area (Å²) in [7, 11) is 1.56. The van der Waals surface area contributed by atoms with Crippen molar-refractivity contribution in [1.82, 2.24) is 5.32 Å². The average Bonchev–Trinajstić information content (AvgIpc) is 2.46. The molecule has 0 fully saturated rings. The Morgan fingerprint density at radius 1 is 1.20 bits per heavy atom. The molecule has 0 aromatic heterocycles. The van der Waals surface area contributed by atoms with Gasteiger partial charge in [-0.15, -0.1) is 0 Å². The summed E-state index contributed by atoms with van der Waals surface area (Å²) in [6.07, 6.45) is 0. The fourth-order valence-corrected chi connectivity index (χ4v) is 2.08. The van der Waals surface area contributed by atoms with Gasteiger partial charge in [-0.2, -0.15) is 0 Å². The van der Waals surface area contributed by atoms with E-state index in [1.807, 2.05) is 0 Å². The van der Waals surface area contributed by atoms with Gasteiger partial charge in [0, 0.05) is 29.9 Å². The van der Waals surface area contributed by atoms with Gasteiger partial charge in [0.05, 0.1) is 5.56 Å². The summed E-state index contributed by atoms with van der Waals surface area (Å²) in [5.41, 5.74) is 1.51. The molecule has 0 saturated carbocycles. The second-order valence-corrected chi connectivity index (χ2v) is 4.59. The van der Waals surface area contributed by atoms with Crippen LogP contribution in [0.5, 0.6) is 0 Å². The highest BCUT2D eigenvalue weighted by molar-refractivity contribution is 6.31. The molecule has 104 valence electrons. The molecule has 0 heterocycles. The first-order valence-corrected chi connectivity index (χ1v) is 6.49. The van der Waals surface area contributed by atoms with Crippen LogP contribution in [0.15, 0.2) is 42.5 Å². The van der Waals surface area contributed by atoms with E-state index in [-0.39, 0.29) is 18.3 Å². The summed E-state index contributed by atoms with van der Waals surface area (Å²) >= 11 is 5.97. The number of carbonyl (C=O) groups excluding carboxylic acids is 1. The van der Waals surface area contributed by atoms with Crippen molar-refractivity contribution in [1.29, 1.82) is 0 Å². The van der Waals surface area contributed by atoms with E-state index in [4.69, 9.17) is 11.6 Å². The van der Waals surface area contributed by atoms with Gasteiger partial charge in [-0.25, -0.2) is 4.39 Å². The monoisotopic (exact) mass is 292 g/mol. The van der Waals surface area contributed by atoms with Crippen molar-refractivity contribution in [2.45, 2.75) is 6.54 Å². The quantitative estimate of drug-likeness (QED) is 0.906. The number of rotatable bonds is 4. The minimum absolute atomic E-state index is 0.201. The van der Waals surface area contributed by atoms with E-state index in [1.54, 1.807) is 43.4 Å². The Morgan fingerprint density at radius 3 is 2.65 bits per heavy atom. The molecule has 0 aliphatic carbocycles. The van der Waals surface area contributed by atoms with Crippen molar-refractivity contribution >= 4 is 23.2 Å². The highest BCUT2D eigenvalue weighted by Crippen LogP contribution is 2.22. The molecule has 0 aliphatic heterocycles. The van der Waals surface area contributed by atoms with Crippen molar-refractivity contribution in [3.63, 3.8) is 0 Å². The Kier molecular flexibility index (Phi) is 4.58. The molecule has 0 radical (unpaired) electrons. The third kappa shape index (κ3) is 3.08. The van der Waals surface area contributed by atoms with E-state index in [9.17, 15) is 9.18 Å². The molecule has 0 bridgehead atoms. The van der Waals surface area contributed by atoms with Crippen LogP contribution in [0, 0.1) is 5.82 Å². The van der Waals surface area contributed by atoms with Gasteiger partial charge in [0.2, 0.25) is 0 Å². The molecular formula is C15H14ClFN2O. The smallest absolute Gasteiger partial charge is 0.253 e. The first-order chi connectivity index (χ1) is 9.63. The summed E-state index contributed by atoms with van der Waals surface area (Å²) < 4.78 is 13.7. The van der Waals surface area contributed by atoms with Crippen molar-refractivity contribution in [2.75, 3.05) is 12.4 Å². The van der Waals surface area contributed by atoms with Crippen molar-refractivity contribution in [3.05, 3.63) is 64.4 Å².